The molecular weight excluding hydrogens is 318 g/mol. The van der Waals surface area contributed by atoms with Gasteiger partial charge in [-0.25, -0.2) is 4.79 Å². The normalized spacial score (nSPS) is 20.7. The van der Waals surface area contributed by atoms with Gasteiger partial charge in [0.05, 0.1) is 20.3 Å². The number of benzene rings is 1. The Labute approximate surface area is 149 Å². The highest BCUT2D eigenvalue weighted by atomic mass is 16.5. The van der Waals surface area contributed by atoms with E-state index in [0.717, 1.165) is 50.6 Å². The van der Waals surface area contributed by atoms with Crippen LogP contribution in [0.1, 0.15) is 32.1 Å². The van der Waals surface area contributed by atoms with E-state index in [1.54, 1.807) is 7.11 Å². The second-order valence-electron chi connectivity index (χ2n) is 6.92. The fourth-order valence-corrected chi connectivity index (χ4v) is 3.97. The molecule has 1 saturated carbocycles. The van der Waals surface area contributed by atoms with Crippen LogP contribution in [0.25, 0.3) is 0 Å². The van der Waals surface area contributed by atoms with Gasteiger partial charge in [-0.2, -0.15) is 0 Å². The van der Waals surface area contributed by atoms with Gasteiger partial charge in [0.15, 0.2) is 0 Å². The number of rotatable bonds is 5. The van der Waals surface area contributed by atoms with E-state index in [1.165, 1.54) is 19.3 Å². The van der Waals surface area contributed by atoms with Crippen LogP contribution in [0.2, 0.25) is 0 Å². The topological polar surface area (TPSA) is 62.8 Å². The van der Waals surface area contributed by atoms with Crippen molar-refractivity contribution in [2.75, 3.05) is 45.3 Å². The minimum Gasteiger partial charge on any atom is -0.497 e. The van der Waals surface area contributed by atoms with Crippen LogP contribution in [-0.4, -0.2) is 56.4 Å². The monoisotopic (exact) mass is 347 g/mol. The second-order valence-corrected chi connectivity index (χ2v) is 6.92. The van der Waals surface area contributed by atoms with Crippen LogP contribution in [0.4, 0.5) is 10.5 Å². The van der Waals surface area contributed by atoms with Crippen LogP contribution >= 0.6 is 0 Å². The van der Waals surface area contributed by atoms with Crippen LogP contribution in [0.3, 0.4) is 0 Å². The summed E-state index contributed by atoms with van der Waals surface area (Å²) in [5, 5.41) is 6.01. The highest BCUT2D eigenvalue weighted by Gasteiger charge is 2.38. The molecule has 0 spiro atoms. The third-order valence-corrected chi connectivity index (χ3v) is 5.37. The smallest absolute Gasteiger partial charge is 0.319 e. The predicted molar refractivity (Wildman–Crippen MR) is 98.2 cm³/mol. The van der Waals surface area contributed by atoms with E-state index in [0.29, 0.717) is 6.54 Å². The number of hydrogen-bond donors (Lipinski definition) is 2. The largest absolute Gasteiger partial charge is 0.497 e. The average molecular weight is 347 g/mol. The van der Waals surface area contributed by atoms with Crippen molar-refractivity contribution in [3.63, 3.8) is 0 Å². The quantitative estimate of drug-likeness (QED) is 0.860. The number of nitrogens with one attached hydrogen (secondary N) is 2. The molecule has 2 aliphatic rings. The number of amides is 2. The van der Waals surface area contributed by atoms with Crippen molar-refractivity contribution in [1.82, 2.24) is 10.2 Å². The first-order valence-corrected chi connectivity index (χ1v) is 9.24. The van der Waals surface area contributed by atoms with E-state index in [2.05, 4.69) is 15.5 Å². The third-order valence-electron chi connectivity index (χ3n) is 5.37. The molecule has 1 aromatic carbocycles. The van der Waals surface area contributed by atoms with E-state index >= 15 is 0 Å². The van der Waals surface area contributed by atoms with Gasteiger partial charge in [0.1, 0.15) is 5.75 Å². The molecule has 138 valence electrons. The van der Waals surface area contributed by atoms with Crippen LogP contribution in [0.5, 0.6) is 5.75 Å². The van der Waals surface area contributed by atoms with Gasteiger partial charge in [-0.15, -0.1) is 0 Å². The first-order chi connectivity index (χ1) is 12.2. The molecule has 2 fully saturated rings. The second kappa shape index (κ2) is 8.54. The Hall–Kier alpha value is -1.79. The number of ether oxygens (including phenoxy) is 2. The minimum absolute atomic E-state index is 0.0771. The number of hydrogen-bond acceptors (Lipinski definition) is 4. The average Bonchev–Trinajstić information content (AvgIpc) is 2.68. The highest BCUT2D eigenvalue weighted by Crippen LogP contribution is 2.33. The van der Waals surface area contributed by atoms with E-state index < -0.39 is 0 Å². The fraction of sp³-hybridized carbons (Fsp3) is 0.632. The Kier molecular flexibility index (Phi) is 6.15. The highest BCUT2D eigenvalue weighted by molar-refractivity contribution is 5.89. The Bertz CT molecular complexity index is 567. The molecule has 1 aromatic rings. The Morgan fingerprint density at radius 3 is 2.72 bits per heavy atom. The van der Waals surface area contributed by atoms with Crippen molar-refractivity contribution in [3.8, 4) is 5.75 Å². The van der Waals surface area contributed by atoms with Crippen LogP contribution < -0.4 is 15.4 Å². The van der Waals surface area contributed by atoms with Crippen molar-refractivity contribution < 1.29 is 14.3 Å². The Balaban J connectivity index is 1.59. The van der Waals surface area contributed by atoms with E-state index in [-0.39, 0.29) is 11.6 Å². The molecule has 2 N–H and O–H groups in total. The molecule has 0 unspecified atom stereocenters. The Morgan fingerprint density at radius 1 is 1.24 bits per heavy atom. The zero-order valence-electron chi connectivity index (χ0n) is 15.1. The maximum Gasteiger partial charge on any atom is 0.319 e. The molecule has 0 aromatic heterocycles. The van der Waals surface area contributed by atoms with Gasteiger partial charge in [0.2, 0.25) is 0 Å². The molecule has 1 saturated heterocycles. The Morgan fingerprint density at radius 2 is 2.00 bits per heavy atom. The summed E-state index contributed by atoms with van der Waals surface area (Å²) in [4.78, 5) is 14.9. The first kappa shape index (κ1) is 18.0. The van der Waals surface area contributed by atoms with E-state index in [9.17, 15) is 4.79 Å². The van der Waals surface area contributed by atoms with E-state index in [4.69, 9.17) is 9.47 Å². The summed E-state index contributed by atoms with van der Waals surface area (Å²) < 4.78 is 10.7. The van der Waals surface area contributed by atoms with Crippen molar-refractivity contribution in [3.05, 3.63) is 24.3 Å². The van der Waals surface area contributed by atoms with Crippen LogP contribution in [0, 0.1) is 0 Å². The molecule has 6 heteroatoms. The van der Waals surface area contributed by atoms with Crippen LogP contribution in [0.15, 0.2) is 24.3 Å². The lowest BCUT2D eigenvalue weighted by atomic mass is 9.80. The summed E-state index contributed by atoms with van der Waals surface area (Å²) in [6.45, 7) is 4.18. The molecule has 0 bridgehead atoms. The summed E-state index contributed by atoms with van der Waals surface area (Å²) in [6.07, 6.45) is 6.05. The lowest BCUT2D eigenvalue weighted by Gasteiger charge is -2.48. The maximum atomic E-state index is 12.4. The summed E-state index contributed by atoms with van der Waals surface area (Å²) in [6, 6.07) is 7.24. The molecule has 1 aliphatic carbocycles. The molecule has 0 atom stereocenters. The van der Waals surface area contributed by atoms with Gasteiger partial charge < -0.3 is 20.1 Å². The van der Waals surface area contributed by atoms with Gasteiger partial charge in [-0.05, 0) is 25.0 Å². The van der Waals surface area contributed by atoms with Gasteiger partial charge in [-0.3, -0.25) is 4.90 Å². The van der Waals surface area contributed by atoms with Gasteiger partial charge in [-0.1, -0.05) is 25.3 Å². The van der Waals surface area contributed by atoms with Crippen molar-refractivity contribution in [2.24, 2.45) is 0 Å². The summed E-state index contributed by atoms with van der Waals surface area (Å²) >= 11 is 0. The number of anilines is 1. The van der Waals surface area contributed by atoms with Crippen LogP contribution in [-0.2, 0) is 4.74 Å². The lowest BCUT2D eigenvalue weighted by Crippen LogP contribution is -2.60. The summed E-state index contributed by atoms with van der Waals surface area (Å²) in [7, 11) is 1.62. The molecule has 2 amide bonds. The molecule has 25 heavy (non-hydrogen) atoms. The molecule has 1 aliphatic heterocycles. The van der Waals surface area contributed by atoms with Crippen molar-refractivity contribution >= 4 is 11.7 Å². The van der Waals surface area contributed by atoms with E-state index in [1.807, 2.05) is 24.3 Å². The van der Waals surface area contributed by atoms with Gasteiger partial charge >= 0.3 is 6.03 Å². The van der Waals surface area contributed by atoms with Crippen molar-refractivity contribution in [2.45, 2.75) is 37.6 Å². The zero-order chi connectivity index (χ0) is 17.5. The zero-order valence-corrected chi connectivity index (χ0v) is 15.1. The van der Waals surface area contributed by atoms with Crippen molar-refractivity contribution in [1.29, 1.82) is 0 Å². The number of methoxy groups -OCH3 is 1. The number of carbonyl (C=O) groups is 1. The minimum atomic E-state index is -0.161. The summed E-state index contributed by atoms with van der Waals surface area (Å²) in [5.41, 5.74) is 0.814. The molecular formula is C19H29N3O3. The maximum absolute atomic E-state index is 12.4. The number of urea groups is 1. The molecule has 1 heterocycles. The predicted octanol–water partition coefficient (Wildman–Crippen LogP) is 2.85. The summed E-state index contributed by atoms with van der Waals surface area (Å²) in [5.74, 6) is 0.731. The standard InChI is InChI=1S/C19H29N3O3/c1-24-17-7-5-6-16(14-17)21-18(23)20-15-19(8-3-2-4-9-19)22-10-12-25-13-11-22/h5-7,14H,2-4,8-13,15H2,1H3,(H2,20,21,23). The lowest BCUT2D eigenvalue weighted by molar-refractivity contribution is -0.0356. The van der Waals surface area contributed by atoms with Gasteiger partial charge in [0.25, 0.3) is 0 Å². The number of morpholine rings is 1. The number of carbonyl (C=O) groups excluding carboxylic acids is 1. The fourth-order valence-electron chi connectivity index (χ4n) is 3.97. The van der Waals surface area contributed by atoms with Gasteiger partial charge in [0, 0.05) is 36.9 Å². The third kappa shape index (κ3) is 4.64. The molecule has 3 rings (SSSR count). The SMILES string of the molecule is COc1cccc(NC(=O)NCC2(N3CCOCC3)CCCCC2)c1. The molecule has 6 nitrogen and oxygen atoms in total. The first-order valence-electron chi connectivity index (χ1n) is 9.24. The number of nitrogens with zero attached hydrogens (tertiary/aromatic N) is 1. The molecule has 0 radical (unpaired) electrons.